The topological polar surface area (TPSA) is 52.5 Å². The van der Waals surface area contributed by atoms with Crippen molar-refractivity contribution in [2.45, 2.75) is 26.7 Å². The third-order valence-electron chi connectivity index (χ3n) is 3.91. The van der Waals surface area contributed by atoms with E-state index in [4.69, 9.17) is 15.5 Å². The van der Waals surface area contributed by atoms with Gasteiger partial charge in [-0.15, -0.1) is 11.3 Å². The quantitative estimate of drug-likeness (QED) is 0.784. The monoisotopic (exact) mass is 315 g/mol. The predicted octanol–water partition coefficient (Wildman–Crippen LogP) is 3.44. The van der Waals surface area contributed by atoms with Gasteiger partial charge in [0.2, 0.25) is 0 Å². The number of thiazole rings is 1. The molecule has 3 aromatic rings. The number of hydrogen-bond donors (Lipinski definition) is 1. The highest BCUT2D eigenvalue weighted by molar-refractivity contribution is 7.17. The summed E-state index contributed by atoms with van der Waals surface area (Å²) in [6.45, 7) is 4.88. The lowest BCUT2D eigenvalue weighted by atomic mass is 10.1. The lowest BCUT2D eigenvalue weighted by Crippen LogP contribution is -2.07. The number of hydrogen-bond acceptors (Lipinski definition) is 4. The second kappa shape index (κ2) is 6.10. The second-order valence-corrected chi connectivity index (χ2v) is 6.32. The van der Waals surface area contributed by atoms with E-state index in [0.717, 1.165) is 29.2 Å². The average molecular weight is 315 g/mol. The van der Waals surface area contributed by atoms with Crippen molar-refractivity contribution in [3.05, 3.63) is 40.5 Å². The van der Waals surface area contributed by atoms with Gasteiger partial charge in [0, 0.05) is 17.0 Å². The standard InChI is InChI=1S/C17H21N3OS/c1-4-15-16(12-5-7-13(21-3)8-6-12)20-14(9-10-18)11(2)19-17(20)22-15/h5-8H,4,9-10,18H2,1-3H3. The van der Waals surface area contributed by atoms with Gasteiger partial charge in [-0.1, -0.05) is 6.92 Å². The van der Waals surface area contributed by atoms with Crippen LogP contribution in [0.2, 0.25) is 0 Å². The Morgan fingerprint density at radius 1 is 1.27 bits per heavy atom. The fraction of sp³-hybridized carbons (Fsp3) is 0.353. The molecule has 3 rings (SSSR count). The number of benzene rings is 1. The molecule has 0 amide bonds. The van der Waals surface area contributed by atoms with Gasteiger partial charge in [-0.2, -0.15) is 0 Å². The third-order valence-corrected chi connectivity index (χ3v) is 5.09. The van der Waals surface area contributed by atoms with E-state index < -0.39 is 0 Å². The summed E-state index contributed by atoms with van der Waals surface area (Å²) in [5.41, 5.74) is 10.5. The van der Waals surface area contributed by atoms with Gasteiger partial charge in [-0.25, -0.2) is 4.98 Å². The zero-order valence-corrected chi connectivity index (χ0v) is 14.0. The number of methoxy groups -OCH3 is 1. The van der Waals surface area contributed by atoms with Gasteiger partial charge < -0.3 is 10.5 Å². The summed E-state index contributed by atoms with van der Waals surface area (Å²) < 4.78 is 7.55. The Kier molecular flexibility index (Phi) is 4.18. The minimum atomic E-state index is 0.633. The van der Waals surface area contributed by atoms with Crippen molar-refractivity contribution in [1.82, 2.24) is 9.38 Å². The fourth-order valence-corrected chi connectivity index (χ4v) is 3.97. The van der Waals surface area contributed by atoms with Crippen molar-refractivity contribution >= 4 is 16.3 Å². The van der Waals surface area contributed by atoms with E-state index in [1.807, 2.05) is 12.1 Å². The molecule has 0 aliphatic heterocycles. The van der Waals surface area contributed by atoms with Gasteiger partial charge in [-0.05, 0) is 49.7 Å². The highest BCUT2D eigenvalue weighted by atomic mass is 32.1. The summed E-state index contributed by atoms with van der Waals surface area (Å²) in [6.07, 6.45) is 1.84. The first-order valence-corrected chi connectivity index (χ1v) is 8.35. The Labute approximate surface area is 134 Å². The molecule has 0 aliphatic rings. The van der Waals surface area contributed by atoms with Crippen molar-refractivity contribution in [3.63, 3.8) is 0 Å². The summed E-state index contributed by atoms with van der Waals surface area (Å²) in [6, 6.07) is 8.23. The molecule has 0 bridgehead atoms. The molecule has 22 heavy (non-hydrogen) atoms. The normalized spacial score (nSPS) is 11.3. The summed E-state index contributed by atoms with van der Waals surface area (Å²) in [5, 5.41) is 0. The number of imidazole rings is 1. The van der Waals surface area contributed by atoms with Crippen LogP contribution < -0.4 is 10.5 Å². The number of nitrogens with zero attached hydrogens (tertiary/aromatic N) is 2. The molecule has 2 aromatic heterocycles. The Morgan fingerprint density at radius 3 is 2.59 bits per heavy atom. The van der Waals surface area contributed by atoms with Crippen LogP contribution in [0.4, 0.5) is 0 Å². The first-order valence-electron chi connectivity index (χ1n) is 7.53. The summed E-state index contributed by atoms with van der Waals surface area (Å²) in [7, 11) is 1.69. The highest BCUT2D eigenvalue weighted by Crippen LogP contribution is 2.35. The van der Waals surface area contributed by atoms with E-state index in [1.165, 1.54) is 21.8 Å². The van der Waals surface area contributed by atoms with Crippen LogP contribution in [0.1, 0.15) is 23.2 Å². The lowest BCUT2D eigenvalue weighted by Gasteiger charge is -2.08. The van der Waals surface area contributed by atoms with E-state index in [2.05, 4.69) is 30.4 Å². The number of aromatic nitrogens is 2. The minimum Gasteiger partial charge on any atom is -0.497 e. The van der Waals surface area contributed by atoms with Crippen molar-refractivity contribution in [2.75, 3.05) is 13.7 Å². The maximum Gasteiger partial charge on any atom is 0.194 e. The van der Waals surface area contributed by atoms with E-state index >= 15 is 0 Å². The van der Waals surface area contributed by atoms with Crippen molar-refractivity contribution in [2.24, 2.45) is 5.73 Å². The Hall–Kier alpha value is -1.85. The number of ether oxygens (including phenoxy) is 1. The van der Waals surface area contributed by atoms with Crippen LogP contribution in [0, 0.1) is 6.92 Å². The molecule has 0 saturated heterocycles. The average Bonchev–Trinajstić information content (AvgIpc) is 3.04. The van der Waals surface area contributed by atoms with Gasteiger partial charge in [0.25, 0.3) is 0 Å². The Bertz CT molecular complexity index is 786. The Morgan fingerprint density at radius 2 is 2.00 bits per heavy atom. The van der Waals surface area contributed by atoms with E-state index in [-0.39, 0.29) is 0 Å². The van der Waals surface area contributed by atoms with Gasteiger partial charge >= 0.3 is 0 Å². The second-order valence-electron chi connectivity index (χ2n) is 5.26. The molecule has 5 heteroatoms. The molecule has 1 aromatic carbocycles. The molecule has 0 aliphatic carbocycles. The molecule has 0 unspecified atom stereocenters. The number of nitrogens with two attached hydrogens (primary N) is 1. The smallest absolute Gasteiger partial charge is 0.194 e. The number of aryl methyl sites for hydroxylation is 2. The van der Waals surface area contributed by atoms with Crippen LogP contribution in [0.5, 0.6) is 5.75 Å². The predicted molar refractivity (Wildman–Crippen MR) is 91.9 cm³/mol. The molecule has 0 saturated carbocycles. The van der Waals surface area contributed by atoms with Crippen LogP contribution in [0.25, 0.3) is 16.2 Å². The molecule has 0 radical (unpaired) electrons. The molecule has 0 atom stereocenters. The summed E-state index contributed by atoms with van der Waals surface area (Å²) in [5.74, 6) is 0.872. The van der Waals surface area contributed by atoms with Crippen LogP contribution >= 0.6 is 11.3 Å². The largest absolute Gasteiger partial charge is 0.497 e. The number of rotatable bonds is 5. The maximum absolute atomic E-state index is 5.79. The summed E-state index contributed by atoms with van der Waals surface area (Å²) in [4.78, 5) is 7.13. The van der Waals surface area contributed by atoms with Gasteiger partial charge in [0.1, 0.15) is 5.75 Å². The van der Waals surface area contributed by atoms with Gasteiger partial charge in [0.05, 0.1) is 18.5 Å². The van der Waals surface area contributed by atoms with Gasteiger partial charge in [0.15, 0.2) is 4.96 Å². The first kappa shape index (κ1) is 15.1. The Balaban J connectivity index is 2.24. The molecular weight excluding hydrogens is 294 g/mol. The van der Waals surface area contributed by atoms with Crippen molar-refractivity contribution < 1.29 is 4.74 Å². The summed E-state index contributed by atoms with van der Waals surface area (Å²) >= 11 is 1.77. The van der Waals surface area contributed by atoms with E-state index in [1.54, 1.807) is 18.4 Å². The van der Waals surface area contributed by atoms with Crippen LogP contribution in [-0.4, -0.2) is 23.0 Å². The zero-order chi connectivity index (χ0) is 15.7. The lowest BCUT2D eigenvalue weighted by molar-refractivity contribution is 0.415. The van der Waals surface area contributed by atoms with E-state index in [0.29, 0.717) is 6.54 Å². The van der Waals surface area contributed by atoms with Crippen LogP contribution in [-0.2, 0) is 12.8 Å². The number of fused-ring (bicyclic) bond motifs is 1. The zero-order valence-electron chi connectivity index (χ0n) is 13.2. The molecule has 116 valence electrons. The SMILES string of the molecule is CCc1sc2nc(C)c(CCN)n2c1-c1ccc(OC)cc1. The molecular formula is C17H21N3OS. The van der Waals surface area contributed by atoms with Gasteiger partial charge in [-0.3, -0.25) is 4.40 Å². The molecule has 2 N–H and O–H groups in total. The van der Waals surface area contributed by atoms with Crippen molar-refractivity contribution in [1.29, 1.82) is 0 Å². The molecule has 0 fully saturated rings. The van der Waals surface area contributed by atoms with Crippen LogP contribution in [0.3, 0.4) is 0 Å². The molecule has 0 spiro atoms. The van der Waals surface area contributed by atoms with Crippen molar-refractivity contribution in [3.8, 4) is 17.0 Å². The highest BCUT2D eigenvalue weighted by Gasteiger charge is 2.19. The molecule has 2 heterocycles. The van der Waals surface area contributed by atoms with Crippen LogP contribution in [0.15, 0.2) is 24.3 Å². The fourth-order valence-electron chi connectivity index (χ4n) is 2.83. The maximum atomic E-state index is 5.79. The third kappa shape index (κ3) is 2.40. The minimum absolute atomic E-state index is 0.633. The molecule has 4 nitrogen and oxygen atoms in total. The van der Waals surface area contributed by atoms with E-state index in [9.17, 15) is 0 Å². The first-order chi connectivity index (χ1) is 10.7.